The standard InChI is InChI=1S/C12H15NO4/c1-12(7-14)8-17-11(15)13(12)9-3-5-10(16-2)6-4-9/h3-6,14H,7-8H2,1-2H3. The monoisotopic (exact) mass is 237 g/mol. The van der Waals surface area contributed by atoms with Crippen LogP contribution in [-0.2, 0) is 4.74 Å². The second kappa shape index (κ2) is 4.25. The minimum absolute atomic E-state index is 0.148. The lowest BCUT2D eigenvalue weighted by atomic mass is 10.0. The minimum Gasteiger partial charge on any atom is -0.497 e. The summed E-state index contributed by atoms with van der Waals surface area (Å²) >= 11 is 0. The molecule has 1 unspecified atom stereocenters. The lowest BCUT2D eigenvalue weighted by Gasteiger charge is -2.29. The molecule has 1 fully saturated rings. The van der Waals surface area contributed by atoms with Gasteiger partial charge in [0.2, 0.25) is 0 Å². The molecule has 5 heteroatoms. The van der Waals surface area contributed by atoms with E-state index in [1.54, 1.807) is 38.3 Å². The molecule has 0 spiro atoms. The van der Waals surface area contributed by atoms with E-state index in [9.17, 15) is 9.90 Å². The lowest BCUT2D eigenvalue weighted by Crippen LogP contribution is -2.47. The Bertz CT molecular complexity index is 417. The first-order valence-corrected chi connectivity index (χ1v) is 5.32. The molecule has 1 aliphatic rings. The van der Waals surface area contributed by atoms with Gasteiger partial charge in [0.1, 0.15) is 17.9 Å². The summed E-state index contributed by atoms with van der Waals surface area (Å²) in [6.07, 6.45) is -0.438. The smallest absolute Gasteiger partial charge is 0.415 e. The van der Waals surface area contributed by atoms with E-state index >= 15 is 0 Å². The molecule has 1 aromatic carbocycles. The SMILES string of the molecule is COc1ccc(N2C(=O)OCC2(C)CO)cc1. The van der Waals surface area contributed by atoms with Gasteiger partial charge in [-0.3, -0.25) is 4.90 Å². The van der Waals surface area contributed by atoms with E-state index < -0.39 is 11.6 Å². The van der Waals surface area contributed by atoms with Gasteiger partial charge in [-0.2, -0.15) is 0 Å². The first kappa shape index (κ1) is 11.7. The van der Waals surface area contributed by atoms with E-state index in [1.165, 1.54) is 4.90 Å². The van der Waals surface area contributed by atoms with Crippen LogP contribution in [0.15, 0.2) is 24.3 Å². The summed E-state index contributed by atoms with van der Waals surface area (Å²) in [6, 6.07) is 7.05. The highest BCUT2D eigenvalue weighted by atomic mass is 16.6. The molecule has 0 saturated carbocycles. The molecular weight excluding hydrogens is 222 g/mol. The number of methoxy groups -OCH3 is 1. The lowest BCUT2D eigenvalue weighted by molar-refractivity contribution is 0.155. The fourth-order valence-electron chi connectivity index (χ4n) is 1.83. The van der Waals surface area contributed by atoms with Crippen LogP contribution in [0.2, 0.25) is 0 Å². The van der Waals surface area contributed by atoms with Gasteiger partial charge in [-0.05, 0) is 31.2 Å². The highest BCUT2D eigenvalue weighted by Crippen LogP contribution is 2.31. The second-order valence-electron chi connectivity index (χ2n) is 4.24. The van der Waals surface area contributed by atoms with Gasteiger partial charge in [0.05, 0.1) is 13.7 Å². The van der Waals surface area contributed by atoms with Crippen molar-refractivity contribution in [2.75, 3.05) is 25.2 Å². The van der Waals surface area contributed by atoms with E-state index in [2.05, 4.69) is 0 Å². The Morgan fingerprint density at radius 1 is 1.47 bits per heavy atom. The molecule has 2 rings (SSSR count). The number of rotatable bonds is 3. The summed E-state index contributed by atoms with van der Waals surface area (Å²) in [5.74, 6) is 0.715. The molecule has 1 aromatic rings. The molecule has 1 aliphatic heterocycles. The molecule has 1 atom stereocenters. The molecule has 1 N–H and O–H groups in total. The van der Waals surface area contributed by atoms with Crippen LogP contribution < -0.4 is 9.64 Å². The second-order valence-corrected chi connectivity index (χ2v) is 4.24. The molecule has 5 nitrogen and oxygen atoms in total. The topological polar surface area (TPSA) is 59.0 Å². The number of carbonyl (C=O) groups excluding carboxylic acids is 1. The Morgan fingerprint density at radius 2 is 2.12 bits per heavy atom. The largest absolute Gasteiger partial charge is 0.497 e. The third-order valence-electron chi connectivity index (χ3n) is 2.90. The van der Waals surface area contributed by atoms with Crippen LogP contribution in [0.5, 0.6) is 5.75 Å². The van der Waals surface area contributed by atoms with Crippen molar-refractivity contribution in [2.24, 2.45) is 0 Å². The number of cyclic esters (lactones) is 1. The van der Waals surface area contributed by atoms with E-state index in [4.69, 9.17) is 9.47 Å². The zero-order valence-electron chi connectivity index (χ0n) is 9.84. The molecule has 1 saturated heterocycles. The first-order valence-electron chi connectivity index (χ1n) is 5.32. The summed E-state index contributed by atoms with van der Waals surface area (Å²) in [7, 11) is 1.58. The maximum atomic E-state index is 11.7. The normalized spacial score (nSPS) is 23.7. The molecule has 0 bridgehead atoms. The molecule has 0 aliphatic carbocycles. The number of aliphatic hydroxyl groups is 1. The number of hydrogen-bond donors (Lipinski definition) is 1. The molecule has 0 radical (unpaired) electrons. The molecule has 17 heavy (non-hydrogen) atoms. The minimum atomic E-state index is -0.703. The van der Waals surface area contributed by atoms with Crippen LogP contribution in [0.25, 0.3) is 0 Å². The van der Waals surface area contributed by atoms with E-state index in [1.807, 2.05) is 0 Å². The summed E-state index contributed by atoms with van der Waals surface area (Å²) < 4.78 is 10.0. The number of carbonyl (C=O) groups is 1. The zero-order chi connectivity index (χ0) is 12.5. The van der Waals surface area contributed by atoms with Gasteiger partial charge in [0.25, 0.3) is 0 Å². The van der Waals surface area contributed by atoms with Crippen molar-refractivity contribution in [2.45, 2.75) is 12.5 Å². The predicted octanol–water partition coefficient (Wildman–Crippen LogP) is 1.40. The van der Waals surface area contributed by atoms with Gasteiger partial charge < -0.3 is 14.6 Å². The summed E-state index contributed by atoms with van der Waals surface area (Å²) in [6.45, 7) is 1.82. The Balaban J connectivity index is 2.33. The van der Waals surface area contributed by atoms with Crippen molar-refractivity contribution in [3.63, 3.8) is 0 Å². The van der Waals surface area contributed by atoms with Crippen LogP contribution in [0.4, 0.5) is 10.5 Å². The van der Waals surface area contributed by atoms with Crippen molar-refractivity contribution in [3.05, 3.63) is 24.3 Å². The molecule has 1 amide bonds. The molecule has 92 valence electrons. The van der Waals surface area contributed by atoms with E-state index in [0.717, 1.165) is 0 Å². The highest BCUT2D eigenvalue weighted by molar-refractivity contribution is 5.91. The number of aliphatic hydroxyl groups excluding tert-OH is 1. The summed E-state index contributed by atoms with van der Waals surface area (Å²) in [5.41, 5.74) is -0.0177. The van der Waals surface area contributed by atoms with Gasteiger partial charge in [-0.25, -0.2) is 4.79 Å². The molecular formula is C12H15NO4. The number of ether oxygens (including phenoxy) is 2. The van der Waals surface area contributed by atoms with Gasteiger partial charge in [-0.15, -0.1) is 0 Å². The van der Waals surface area contributed by atoms with Gasteiger partial charge in [0.15, 0.2) is 0 Å². The summed E-state index contributed by atoms with van der Waals surface area (Å²) in [5, 5.41) is 9.38. The van der Waals surface area contributed by atoms with Crippen LogP contribution >= 0.6 is 0 Å². The van der Waals surface area contributed by atoms with Crippen molar-refractivity contribution >= 4 is 11.8 Å². The maximum absolute atomic E-state index is 11.7. The average Bonchev–Trinajstić information content (AvgIpc) is 2.66. The zero-order valence-corrected chi connectivity index (χ0v) is 9.84. The van der Waals surface area contributed by atoms with Crippen LogP contribution in [0, 0.1) is 0 Å². The van der Waals surface area contributed by atoms with Gasteiger partial charge >= 0.3 is 6.09 Å². The van der Waals surface area contributed by atoms with Gasteiger partial charge in [-0.1, -0.05) is 0 Å². The van der Waals surface area contributed by atoms with E-state index in [0.29, 0.717) is 11.4 Å². The number of anilines is 1. The first-order chi connectivity index (χ1) is 8.10. The van der Waals surface area contributed by atoms with Crippen LogP contribution in [0.1, 0.15) is 6.92 Å². The Hall–Kier alpha value is -1.75. The predicted molar refractivity (Wildman–Crippen MR) is 62.3 cm³/mol. The average molecular weight is 237 g/mol. The van der Waals surface area contributed by atoms with Gasteiger partial charge in [0, 0.05) is 5.69 Å². The maximum Gasteiger partial charge on any atom is 0.415 e. The van der Waals surface area contributed by atoms with Crippen molar-refractivity contribution in [1.82, 2.24) is 0 Å². The Kier molecular flexibility index (Phi) is 2.93. The third kappa shape index (κ3) is 1.93. The Labute approximate surface area is 99.6 Å². The molecule has 0 aromatic heterocycles. The fraction of sp³-hybridized carbons (Fsp3) is 0.417. The fourth-order valence-corrected chi connectivity index (χ4v) is 1.83. The summed E-state index contributed by atoms with van der Waals surface area (Å²) in [4.78, 5) is 13.1. The number of nitrogens with zero attached hydrogens (tertiary/aromatic N) is 1. The number of hydrogen-bond acceptors (Lipinski definition) is 4. The highest BCUT2D eigenvalue weighted by Gasteiger charge is 2.44. The van der Waals surface area contributed by atoms with Crippen molar-refractivity contribution in [3.8, 4) is 5.75 Å². The van der Waals surface area contributed by atoms with Crippen molar-refractivity contribution < 1.29 is 19.4 Å². The number of benzene rings is 1. The third-order valence-corrected chi connectivity index (χ3v) is 2.90. The van der Waals surface area contributed by atoms with Crippen LogP contribution in [-0.4, -0.2) is 37.1 Å². The van der Waals surface area contributed by atoms with Crippen LogP contribution in [0.3, 0.4) is 0 Å². The molecule has 1 heterocycles. The van der Waals surface area contributed by atoms with Crippen molar-refractivity contribution in [1.29, 1.82) is 0 Å². The Morgan fingerprint density at radius 3 is 2.65 bits per heavy atom. The van der Waals surface area contributed by atoms with E-state index in [-0.39, 0.29) is 13.2 Å². The quantitative estimate of drug-likeness (QED) is 0.863. The number of amides is 1.